The number of aliphatic imine (C=N–C) groups is 1. The lowest BCUT2D eigenvalue weighted by atomic mass is 9.85. The quantitative estimate of drug-likeness (QED) is 0.774. The van der Waals surface area contributed by atoms with Crippen LogP contribution in [-0.4, -0.2) is 45.6 Å². The molecule has 1 aromatic heterocycles. The van der Waals surface area contributed by atoms with Gasteiger partial charge in [0, 0.05) is 30.3 Å². The fourth-order valence-electron chi connectivity index (χ4n) is 3.99. The van der Waals surface area contributed by atoms with Gasteiger partial charge in [-0.05, 0) is 19.4 Å². The predicted molar refractivity (Wildman–Crippen MR) is 106 cm³/mol. The van der Waals surface area contributed by atoms with Crippen LogP contribution in [0, 0.1) is 18.2 Å². The molecule has 0 aromatic carbocycles. The highest BCUT2D eigenvalue weighted by Crippen LogP contribution is 2.45. The minimum absolute atomic E-state index is 0.151. The topological polar surface area (TPSA) is 115 Å². The lowest BCUT2D eigenvalue weighted by Crippen LogP contribution is -2.46. The molecule has 2 amide bonds. The van der Waals surface area contributed by atoms with E-state index in [0.717, 1.165) is 11.3 Å². The van der Waals surface area contributed by atoms with Gasteiger partial charge >= 0.3 is 0 Å². The summed E-state index contributed by atoms with van der Waals surface area (Å²) in [7, 11) is 0. The van der Waals surface area contributed by atoms with Crippen molar-refractivity contribution in [1.29, 1.82) is 0 Å². The van der Waals surface area contributed by atoms with Gasteiger partial charge in [-0.3, -0.25) is 19.6 Å². The second-order valence-corrected chi connectivity index (χ2v) is 8.02. The van der Waals surface area contributed by atoms with Crippen LogP contribution in [0.2, 0.25) is 0 Å². The smallest absolute Gasteiger partial charge is 0.279 e. The van der Waals surface area contributed by atoms with E-state index >= 15 is 0 Å². The highest BCUT2D eigenvalue weighted by molar-refractivity contribution is 6.07. The Morgan fingerprint density at radius 3 is 2.80 bits per heavy atom. The number of nitrogens with two attached hydrogens (primary N) is 1. The third-order valence-electron chi connectivity index (χ3n) is 5.53. The Labute approximate surface area is 172 Å². The summed E-state index contributed by atoms with van der Waals surface area (Å²) in [6, 6.07) is 0. The van der Waals surface area contributed by atoms with Crippen molar-refractivity contribution in [2.45, 2.75) is 34.2 Å². The van der Waals surface area contributed by atoms with E-state index in [4.69, 9.17) is 10.5 Å². The van der Waals surface area contributed by atoms with Crippen LogP contribution in [0.4, 0.5) is 4.39 Å². The Morgan fingerprint density at radius 1 is 1.40 bits per heavy atom. The number of primary amides is 1. The summed E-state index contributed by atoms with van der Waals surface area (Å²) in [6.45, 7) is 8.49. The van der Waals surface area contributed by atoms with Crippen LogP contribution < -0.4 is 11.1 Å². The number of amides is 2. The number of rotatable bonds is 3. The van der Waals surface area contributed by atoms with Crippen molar-refractivity contribution in [3.63, 3.8) is 0 Å². The normalized spacial score (nSPS) is 19.4. The van der Waals surface area contributed by atoms with Crippen LogP contribution in [0.3, 0.4) is 0 Å². The molecule has 9 nitrogen and oxygen atoms in total. The van der Waals surface area contributed by atoms with Crippen molar-refractivity contribution in [3.8, 4) is 0 Å². The summed E-state index contributed by atoms with van der Waals surface area (Å²) in [5.41, 5.74) is 7.66. The molecule has 3 N–H and O–H groups in total. The summed E-state index contributed by atoms with van der Waals surface area (Å²) in [5, 5.41) is 6.76. The first-order chi connectivity index (χ1) is 14.2. The summed E-state index contributed by atoms with van der Waals surface area (Å²) in [6.07, 6.45) is 2.82. The Balaban J connectivity index is 1.75. The lowest BCUT2D eigenvalue weighted by molar-refractivity contribution is -0.114. The molecule has 10 heteroatoms. The van der Waals surface area contributed by atoms with Gasteiger partial charge < -0.3 is 15.4 Å². The van der Waals surface area contributed by atoms with Crippen molar-refractivity contribution in [3.05, 3.63) is 52.1 Å². The van der Waals surface area contributed by atoms with Gasteiger partial charge in [0.25, 0.3) is 11.8 Å². The number of carbonyl (C=O) groups excluding carboxylic acids is 2. The minimum atomic E-state index is -0.662. The van der Waals surface area contributed by atoms with E-state index in [0.29, 0.717) is 18.7 Å². The number of ether oxygens (including phenoxy) is 1. The maximum atomic E-state index is 14.5. The molecule has 0 bridgehead atoms. The van der Waals surface area contributed by atoms with Gasteiger partial charge in [0.15, 0.2) is 11.5 Å². The molecule has 0 atom stereocenters. The number of halogens is 1. The number of nitrogens with zero attached hydrogens (tertiary/aromatic N) is 4. The van der Waals surface area contributed by atoms with Gasteiger partial charge in [0.2, 0.25) is 5.96 Å². The van der Waals surface area contributed by atoms with Crippen molar-refractivity contribution in [1.82, 2.24) is 20.0 Å². The molecule has 0 radical (unpaired) electrons. The van der Waals surface area contributed by atoms with E-state index in [-0.39, 0.29) is 34.9 Å². The highest BCUT2D eigenvalue weighted by atomic mass is 19.1. The first kappa shape index (κ1) is 19.9. The van der Waals surface area contributed by atoms with E-state index in [2.05, 4.69) is 15.4 Å². The molecular weight excluding hydrogens is 391 g/mol. The average molecular weight is 414 g/mol. The SMILES string of the molecule is CCn1nc(C)c(F)c1C(=O)NC1=NC=C2C(C(N)=O)=COCC3=C2N1CC3(C)C. The fourth-order valence-corrected chi connectivity index (χ4v) is 3.99. The van der Waals surface area contributed by atoms with Gasteiger partial charge in [0.1, 0.15) is 6.61 Å². The zero-order chi connectivity index (χ0) is 21.8. The van der Waals surface area contributed by atoms with Crippen molar-refractivity contribution < 1.29 is 18.7 Å². The number of aromatic nitrogens is 2. The molecule has 30 heavy (non-hydrogen) atoms. The Hall–Kier alpha value is -3.43. The van der Waals surface area contributed by atoms with Crippen LogP contribution >= 0.6 is 0 Å². The van der Waals surface area contributed by atoms with Gasteiger partial charge in [-0.15, -0.1) is 0 Å². The zero-order valence-corrected chi connectivity index (χ0v) is 17.2. The van der Waals surface area contributed by atoms with Crippen molar-refractivity contribution >= 4 is 17.8 Å². The molecule has 0 saturated carbocycles. The Kier molecular flexibility index (Phi) is 4.52. The summed E-state index contributed by atoms with van der Waals surface area (Å²) in [4.78, 5) is 31.0. The van der Waals surface area contributed by atoms with Gasteiger partial charge in [-0.2, -0.15) is 5.10 Å². The van der Waals surface area contributed by atoms with Crippen LogP contribution in [0.25, 0.3) is 0 Å². The molecule has 3 aliphatic rings. The fraction of sp³-hybridized carbons (Fsp3) is 0.400. The highest BCUT2D eigenvalue weighted by Gasteiger charge is 2.45. The van der Waals surface area contributed by atoms with Crippen molar-refractivity contribution in [2.75, 3.05) is 13.2 Å². The molecular formula is C20H23FN6O3. The Morgan fingerprint density at radius 2 is 2.13 bits per heavy atom. The summed E-state index contributed by atoms with van der Waals surface area (Å²) < 4.78 is 21.4. The molecule has 158 valence electrons. The van der Waals surface area contributed by atoms with E-state index < -0.39 is 17.6 Å². The third-order valence-corrected chi connectivity index (χ3v) is 5.53. The van der Waals surface area contributed by atoms with Gasteiger partial charge in [-0.1, -0.05) is 13.8 Å². The molecule has 1 aromatic rings. The van der Waals surface area contributed by atoms with Crippen molar-refractivity contribution in [2.24, 2.45) is 16.1 Å². The monoisotopic (exact) mass is 414 g/mol. The number of allylic oxidation sites excluding steroid dienone is 1. The maximum absolute atomic E-state index is 14.5. The number of hydrogen-bond acceptors (Lipinski definition) is 6. The van der Waals surface area contributed by atoms with Crippen LogP contribution in [-0.2, 0) is 16.1 Å². The first-order valence-corrected chi connectivity index (χ1v) is 9.61. The second kappa shape index (κ2) is 6.82. The van der Waals surface area contributed by atoms with Crippen LogP contribution in [0.5, 0.6) is 0 Å². The van der Waals surface area contributed by atoms with Gasteiger partial charge in [-0.25, -0.2) is 9.38 Å². The number of nitrogens with one attached hydrogen (secondary N) is 1. The Bertz CT molecular complexity index is 1090. The van der Waals surface area contributed by atoms with Crippen LogP contribution in [0.1, 0.15) is 37.0 Å². The van der Waals surface area contributed by atoms with E-state index in [9.17, 15) is 14.0 Å². The molecule has 4 rings (SSSR count). The molecule has 4 heterocycles. The first-order valence-electron chi connectivity index (χ1n) is 9.61. The van der Waals surface area contributed by atoms with Gasteiger partial charge in [0.05, 0.1) is 23.2 Å². The minimum Gasteiger partial charge on any atom is -0.496 e. The molecule has 0 fully saturated rings. The molecule has 3 aliphatic heterocycles. The lowest BCUT2D eigenvalue weighted by Gasteiger charge is -2.29. The standard InChI is InChI=1S/C20H23FN6O3/c1-5-27-16(14(21)10(2)25-27)18(29)24-19-23-6-11-12(17(22)28)7-30-8-13-15(11)26(19)9-20(13,3)4/h6-7H,5,8-9H2,1-4H3,(H2,22,28)(H,23,24,29). The molecule has 0 unspecified atom stereocenters. The molecule has 0 aliphatic carbocycles. The largest absolute Gasteiger partial charge is 0.496 e. The maximum Gasteiger partial charge on any atom is 0.279 e. The zero-order valence-electron chi connectivity index (χ0n) is 17.2. The molecule has 0 saturated heterocycles. The number of guanidine groups is 1. The van der Waals surface area contributed by atoms with Crippen LogP contribution in [0.15, 0.2) is 39.9 Å². The summed E-state index contributed by atoms with van der Waals surface area (Å²) in [5.74, 6) is -1.70. The van der Waals surface area contributed by atoms with E-state index in [1.54, 1.807) is 6.92 Å². The third kappa shape index (κ3) is 2.90. The summed E-state index contributed by atoms with van der Waals surface area (Å²) >= 11 is 0. The number of hydrogen-bond donors (Lipinski definition) is 2. The molecule has 0 spiro atoms. The number of aryl methyl sites for hydroxylation is 2. The number of carbonyl (C=O) groups is 2. The average Bonchev–Trinajstić information content (AvgIpc) is 3.02. The van der Waals surface area contributed by atoms with E-state index in [1.165, 1.54) is 24.1 Å². The predicted octanol–water partition coefficient (Wildman–Crippen LogP) is 1.33. The van der Waals surface area contributed by atoms with E-state index in [1.807, 2.05) is 18.7 Å². The second-order valence-electron chi connectivity index (χ2n) is 8.02.